The molecule has 6 nitrogen and oxygen atoms in total. The fraction of sp³-hybridized carbons (Fsp3) is 0.250. The van der Waals surface area contributed by atoms with Crippen LogP contribution in [0.25, 0.3) is 11.0 Å². The van der Waals surface area contributed by atoms with Gasteiger partial charge in [-0.3, -0.25) is 0 Å². The summed E-state index contributed by atoms with van der Waals surface area (Å²) in [4.78, 5) is 12.1. The molecule has 0 aliphatic heterocycles. The molecule has 3 rings (SSSR count). The summed E-state index contributed by atoms with van der Waals surface area (Å²) in [6, 6.07) is 9.45. The van der Waals surface area contributed by atoms with Gasteiger partial charge in [0.1, 0.15) is 16.2 Å². The summed E-state index contributed by atoms with van der Waals surface area (Å²) in [7, 11) is -3.98. The zero-order valence-corrected chi connectivity index (χ0v) is 16.3. The topological polar surface area (TPSA) is 82.8 Å². The quantitative estimate of drug-likeness (QED) is 0.479. The second-order valence-corrected chi connectivity index (χ2v) is 7.79. The van der Waals surface area contributed by atoms with Crippen molar-refractivity contribution in [3.8, 4) is 5.75 Å². The maximum absolute atomic E-state index is 12.5. The van der Waals surface area contributed by atoms with Gasteiger partial charge < -0.3 is 13.3 Å². The van der Waals surface area contributed by atoms with Crippen LogP contribution in [0, 0.1) is 20.8 Å². The van der Waals surface area contributed by atoms with Crippen LogP contribution in [0.15, 0.2) is 45.7 Å². The molecule has 0 aliphatic carbocycles. The normalized spacial score (nSPS) is 11.6. The SMILES string of the molecule is CCOC(=O)c1oc2cc(OS(=O)(=O)c3ccc(C)cc3)cc(C)c2c1C. The molecular formula is C20H20O6S. The van der Waals surface area contributed by atoms with E-state index in [9.17, 15) is 13.2 Å². The minimum absolute atomic E-state index is 0.0636. The van der Waals surface area contributed by atoms with Crippen LogP contribution in [0.4, 0.5) is 0 Å². The number of hydrogen-bond donors (Lipinski definition) is 0. The van der Waals surface area contributed by atoms with Crippen molar-refractivity contribution in [2.24, 2.45) is 0 Å². The van der Waals surface area contributed by atoms with Gasteiger partial charge in [0.2, 0.25) is 5.76 Å². The molecule has 1 aromatic heterocycles. The molecule has 27 heavy (non-hydrogen) atoms. The Hall–Kier alpha value is -2.80. The molecule has 0 saturated carbocycles. The maximum atomic E-state index is 12.5. The van der Waals surface area contributed by atoms with E-state index in [1.54, 1.807) is 39.0 Å². The van der Waals surface area contributed by atoms with Gasteiger partial charge in [-0.2, -0.15) is 8.42 Å². The van der Waals surface area contributed by atoms with Gasteiger partial charge >= 0.3 is 16.1 Å². The van der Waals surface area contributed by atoms with Crippen molar-refractivity contribution in [1.82, 2.24) is 0 Å². The molecular weight excluding hydrogens is 368 g/mol. The highest BCUT2D eigenvalue weighted by atomic mass is 32.2. The summed E-state index contributed by atoms with van der Waals surface area (Å²) in [5, 5.41) is 0.734. The molecule has 0 radical (unpaired) electrons. The van der Waals surface area contributed by atoms with Crippen LogP contribution in [-0.4, -0.2) is 21.0 Å². The van der Waals surface area contributed by atoms with E-state index in [-0.39, 0.29) is 23.0 Å². The minimum Gasteiger partial charge on any atom is -0.460 e. The molecule has 0 amide bonds. The molecule has 2 aromatic carbocycles. The first-order valence-electron chi connectivity index (χ1n) is 8.45. The van der Waals surface area contributed by atoms with Crippen molar-refractivity contribution in [2.45, 2.75) is 32.6 Å². The van der Waals surface area contributed by atoms with E-state index in [1.807, 2.05) is 6.92 Å². The van der Waals surface area contributed by atoms with Crippen molar-refractivity contribution in [3.05, 3.63) is 58.8 Å². The predicted octanol–water partition coefficient (Wildman–Crippen LogP) is 4.30. The number of carbonyl (C=O) groups is 1. The molecule has 0 bridgehead atoms. The second kappa shape index (κ2) is 7.08. The number of ether oxygens (including phenoxy) is 1. The first-order chi connectivity index (χ1) is 12.7. The summed E-state index contributed by atoms with van der Waals surface area (Å²) < 4.78 is 40.9. The standard InChI is InChI=1S/C20H20O6S/c1-5-24-20(21)19-14(4)18-13(3)10-15(11-17(18)25-19)26-27(22,23)16-8-6-12(2)7-9-16/h6-11H,5H2,1-4H3. The number of carbonyl (C=O) groups excluding carboxylic acids is 1. The Balaban J connectivity index is 2.01. The molecule has 0 saturated heterocycles. The minimum atomic E-state index is -3.98. The molecule has 0 aliphatic rings. The molecule has 0 spiro atoms. The summed E-state index contributed by atoms with van der Waals surface area (Å²) in [5.74, 6) is -0.335. The Morgan fingerprint density at radius 3 is 2.37 bits per heavy atom. The van der Waals surface area contributed by atoms with Crippen LogP contribution in [0.2, 0.25) is 0 Å². The summed E-state index contributed by atoms with van der Waals surface area (Å²) in [5.41, 5.74) is 2.70. The summed E-state index contributed by atoms with van der Waals surface area (Å²) >= 11 is 0. The van der Waals surface area contributed by atoms with E-state index >= 15 is 0 Å². The fourth-order valence-electron chi connectivity index (χ4n) is 2.90. The lowest BCUT2D eigenvalue weighted by atomic mass is 10.1. The van der Waals surface area contributed by atoms with Crippen LogP contribution >= 0.6 is 0 Å². The Bertz CT molecular complexity index is 1110. The number of aryl methyl sites for hydroxylation is 3. The molecule has 0 N–H and O–H groups in total. The van der Waals surface area contributed by atoms with Crippen LogP contribution in [0.1, 0.15) is 34.2 Å². The smallest absolute Gasteiger partial charge is 0.374 e. The van der Waals surface area contributed by atoms with E-state index in [4.69, 9.17) is 13.3 Å². The van der Waals surface area contributed by atoms with Crippen molar-refractivity contribution in [1.29, 1.82) is 0 Å². The van der Waals surface area contributed by atoms with Crippen LogP contribution in [-0.2, 0) is 14.9 Å². The van der Waals surface area contributed by atoms with E-state index < -0.39 is 16.1 Å². The first kappa shape index (κ1) is 19.0. The number of esters is 1. The molecule has 3 aromatic rings. The average Bonchev–Trinajstić information content (AvgIpc) is 2.92. The summed E-state index contributed by atoms with van der Waals surface area (Å²) in [6.45, 7) is 7.37. The van der Waals surface area contributed by atoms with Gasteiger partial charge in [-0.05, 0) is 51.5 Å². The van der Waals surface area contributed by atoms with Gasteiger partial charge in [0.05, 0.1) is 6.61 Å². The molecule has 0 atom stereocenters. The van der Waals surface area contributed by atoms with Crippen molar-refractivity contribution >= 4 is 27.1 Å². The lowest BCUT2D eigenvalue weighted by Gasteiger charge is -2.08. The maximum Gasteiger partial charge on any atom is 0.374 e. The lowest BCUT2D eigenvalue weighted by molar-refractivity contribution is 0.0491. The van der Waals surface area contributed by atoms with Crippen LogP contribution < -0.4 is 4.18 Å². The molecule has 0 fully saturated rings. The number of benzene rings is 2. The van der Waals surface area contributed by atoms with E-state index in [0.29, 0.717) is 11.1 Å². The summed E-state index contributed by atoms with van der Waals surface area (Å²) in [6.07, 6.45) is 0. The third-order valence-electron chi connectivity index (χ3n) is 4.18. The van der Waals surface area contributed by atoms with Crippen molar-refractivity contribution < 1.29 is 26.5 Å². The van der Waals surface area contributed by atoms with E-state index in [2.05, 4.69) is 0 Å². The third kappa shape index (κ3) is 3.68. The second-order valence-electron chi connectivity index (χ2n) is 6.24. The molecule has 142 valence electrons. The van der Waals surface area contributed by atoms with Gasteiger partial charge in [-0.25, -0.2) is 4.79 Å². The van der Waals surface area contributed by atoms with Gasteiger partial charge in [0.15, 0.2) is 0 Å². The van der Waals surface area contributed by atoms with Crippen molar-refractivity contribution in [2.75, 3.05) is 6.61 Å². The zero-order chi connectivity index (χ0) is 19.8. The van der Waals surface area contributed by atoms with Gasteiger partial charge in [-0.1, -0.05) is 17.7 Å². The number of rotatable bonds is 5. The highest BCUT2D eigenvalue weighted by Gasteiger charge is 2.22. The number of furan rings is 1. The molecule has 0 unspecified atom stereocenters. The predicted molar refractivity (Wildman–Crippen MR) is 101 cm³/mol. The fourth-order valence-corrected chi connectivity index (χ4v) is 3.82. The largest absolute Gasteiger partial charge is 0.460 e. The van der Waals surface area contributed by atoms with E-state index in [1.165, 1.54) is 18.2 Å². The van der Waals surface area contributed by atoms with Crippen LogP contribution in [0.3, 0.4) is 0 Å². The molecule has 7 heteroatoms. The monoisotopic (exact) mass is 388 g/mol. The first-order valence-corrected chi connectivity index (χ1v) is 9.85. The Kier molecular flexibility index (Phi) is 4.97. The highest BCUT2D eigenvalue weighted by Crippen LogP contribution is 2.33. The zero-order valence-electron chi connectivity index (χ0n) is 15.5. The van der Waals surface area contributed by atoms with Gasteiger partial charge in [0.25, 0.3) is 0 Å². The van der Waals surface area contributed by atoms with Crippen LogP contribution in [0.5, 0.6) is 5.75 Å². The number of fused-ring (bicyclic) bond motifs is 1. The highest BCUT2D eigenvalue weighted by molar-refractivity contribution is 7.87. The lowest BCUT2D eigenvalue weighted by Crippen LogP contribution is -2.09. The van der Waals surface area contributed by atoms with Crippen molar-refractivity contribution in [3.63, 3.8) is 0 Å². The average molecular weight is 388 g/mol. The number of hydrogen-bond acceptors (Lipinski definition) is 6. The Morgan fingerprint density at radius 1 is 1.07 bits per heavy atom. The van der Waals surface area contributed by atoms with Gasteiger partial charge in [0, 0.05) is 17.0 Å². The van der Waals surface area contributed by atoms with Gasteiger partial charge in [-0.15, -0.1) is 0 Å². The third-order valence-corrected chi connectivity index (χ3v) is 5.44. The Labute approximate surface area is 157 Å². The Morgan fingerprint density at radius 2 is 1.74 bits per heavy atom. The van der Waals surface area contributed by atoms with E-state index in [0.717, 1.165) is 16.5 Å². The molecule has 1 heterocycles.